The number of carbonyl (C=O) groups is 1. The van der Waals surface area contributed by atoms with Crippen LogP contribution in [0.15, 0.2) is 0 Å². The summed E-state index contributed by atoms with van der Waals surface area (Å²) in [6.07, 6.45) is 2.71. The van der Waals surface area contributed by atoms with E-state index in [1.807, 2.05) is 6.92 Å². The summed E-state index contributed by atoms with van der Waals surface area (Å²) in [5.41, 5.74) is 0. The van der Waals surface area contributed by atoms with Gasteiger partial charge in [-0.3, -0.25) is 4.79 Å². The minimum atomic E-state index is -0.708. The quantitative estimate of drug-likeness (QED) is 0.471. The average Bonchev–Trinajstić information content (AvgIpc) is 2.24. The van der Waals surface area contributed by atoms with Gasteiger partial charge in [0.1, 0.15) is 12.7 Å². The third-order valence-electron chi connectivity index (χ3n) is 1.94. The van der Waals surface area contributed by atoms with Gasteiger partial charge in [0.2, 0.25) is 0 Å². The van der Waals surface area contributed by atoms with Gasteiger partial charge < -0.3 is 14.6 Å². The molecule has 0 aromatic heterocycles. The van der Waals surface area contributed by atoms with Gasteiger partial charge in [0.25, 0.3) is 0 Å². The van der Waals surface area contributed by atoms with Gasteiger partial charge in [-0.15, -0.1) is 0 Å². The van der Waals surface area contributed by atoms with Crippen molar-refractivity contribution in [3.05, 3.63) is 0 Å². The Morgan fingerprint density at radius 2 is 2.00 bits per heavy atom. The molecule has 0 aliphatic heterocycles. The van der Waals surface area contributed by atoms with Gasteiger partial charge in [-0.1, -0.05) is 19.8 Å². The summed E-state index contributed by atoms with van der Waals surface area (Å²) in [7, 11) is 0. The summed E-state index contributed by atoms with van der Waals surface area (Å²) in [6, 6.07) is 0. The van der Waals surface area contributed by atoms with Crippen molar-refractivity contribution in [3.8, 4) is 0 Å². The largest absolute Gasteiger partial charge is 0.463 e. The Hall–Kier alpha value is -0.610. The molecule has 4 heteroatoms. The number of unbranched alkanes of at least 4 members (excludes halogenated alkanes) is 2. The van der Waals surface area contributed by atoms with Crippen molar-refractivity contribution in [3.63, 3.8) is 0 Å². The third-order valence-corrected chi connectivity index (χ3v) is 1.94. The SMILES string of the molecule is CCCCCC(=O)OCC(O)COCC. The van der Waals surface area contributed by atoms with E-state index in [1.54, 1.807) is 0 Å². The lowest BCUT2D eigenvalue weighted by atomic mass is 10.2. The first kappa shape index (κ1) is 14.4. The number of carbonyl (C=O) groups excluding carboxylic acids is 1. The second kappa shape index (κ2) is 9.93. The molecule has 1 atom stereocenters. The van der Waals surface area contributed by atoms with Crippen LogP contribution in [0.3, 0.4) is 0 Å². The van der Waals surface area contributed by atoms with E-state index >= 15 is 0 Å². The van der Waals surface area contributed by atoms with Crippen LogP contribution in [0, 0.1) is 0 Å². The number of aliphatic hydroxyl groups excluding tert-OH is 1. The van der Waals surface area contributed by atoms with Crippen molar-refractivity contribution in [2.45, 2.75) is 45.6 Å². The Labute approximate surface area is 91.6 Å². The van der Waals surface area contributed by atoms with Crippen LogP contribution >= 0.6 is 0 Å². The summed E-state index contributed by atoms with van der Waals surface area (Å²) in [6.45, 7) is 4.74. The standard InChI is InChI=1S/C11H22O4/c1-3-5-6-7-11(13)15-9-10(12)8-14-4-2/h10,12H,3-9H2,1-2H3. The van der Waals surface area contributed by atoms with Gasteiger partial charge in [0, 0.05) is 13.0 Å². The van der Waals surface area contributed by atoms with E-state index in [0.717, 1.165) is 19.3 Å². The second-order valence-electron chi connectivity index (χ2n) is 3.45. The Morgan fingerprint density at radius 1 is 1.27 bits per heavy atom. The number of esters is 1. The molecule has 0 bridgehead atoms. The molecule has 0 aliphatic carbocycles. The highest BCUT2D eigenvalue weighted by Gasteiger charge is 2.08. The summed E-state index contributed by atoms with van der Waals surface area (Å²) >= 11 is 0. The number of hydrogen-bond donors (Lipinski definition) is 1. The van der Waals surface area contributed by atoms with Crippen molar-refractivity contribution in [2.24, 2.45) is 0 Å². The van der Waals surface area contributed by atoms with Crippen LogP contribution in [0.2, 0.25) is 0 Å². The molecule has 0 rings (SSSR count). The highest BCUT2D eigenvalue weighted by Crippen LogP contribution is 2.01. The maximum atomic E-state index is 11.1. The van der Waals surface area contributed by atoms with Gasteiger partial charge in [0.05, 0.1) is 6.61 Å². The first-order chi connectivity index (χ1) is 7.20. The van der Waals surface area contributed by atoms with Crippen LogP contribution in [-0.4, -0.2) is 37.0 Å². The maximum absolute atomic E-state index is 11.1. The molecule has 0 fully saturated rings. The monoisotopic (exact) mass is 218 g/mol. The van der Waals surface area contributed by atoms with E-state index in [9.17, 15) is 9.90 Å². The van der Waals surface area contributed by atoms with E-state index in [4.69, 9.17) is 9.47 Å². The van der Waals surface area contributed by atoms with E-state index in [0.29, 0.717) is 13.0 Å². The Bertz CT molecular complexity index is 159. The zero-order valence-electron chi connectivity index (χ0n) is 9.70. The number of aliphatic hydroxyl groups is 1. The van der Waals surface area contributed by atoms with Crippen molar-refractivity contribution in [2.75, 3.05) is 19.8 Å². The molecule has 1 unspecified atom stereocenters. The van der Waals surface area contributed by atoms with Crippen molar-refractivity contribution in [1.29, 1.82) is 0 Å². The lowest BCUT2D eigenvalue weighted by Crippen LogP contribution is -2.23. The minimum Gasteiger partial charge on any atom is -0.463 e. The fourth-order valence-electron chi connectivity index (χ4n) is 1.08. The molecule has 0 amide bonds. The lowest BCUT2D eigenvalue weighted by molar-refractivity contribution is -0.147. The zero-order valence-corrected chi connectivity index (χ0v) is 9.70. The van der Waals surface area contributed by atoms with Crippen molar-refractivity contribution < 1.29 is 19.4 Å². The second-order valence-corrected chi connectivity index (χ2v) is 3.45. The predicted molar refractivity (Wildman–Crippen MR) is 57.6 cm³/mol. The molecule has 0 aromatic carbocycles. The molecular weight excluding hydrogens is 196 g/mol. The van der Waals surface area contributed by atoms with E-state index < -0.39 is 6.10 Å². The van der Waals surface area contributed by atoms with Crippen LogP contribution in [0.25, 0.3) is 0 Å². The first-order valence-electron chi connectivity index (χ1n) is 5.62. The smallest absolute Gasteiger partial charge is 0.305 e. The molecular formula is C11H22O4. The molecule has 15 heavy (non-hydrogen) atoms. The highest BCUT2D eigenvalue weighted by molar-refractivity contribution is 5.69. The molecule has 0 saturated carbocycles. The van der Waals surface area contributed by atoms with E-state index in [2.05, 4.69) is 6.92 Å². The summed E-state index contributed by atoms with van der Waals surface area (Å²) in [4.78, 5) is 11.1. The Balaban J connectivity index is 3.36. The molecule has 0 aromatic rings. The lowest BCUT2D eigenvalue weighted by Gasteiger charge is -2.10. The van der Waals surface area contributed by atoms with Gasteiger partial charge >= 0.3 is 5.97 Å². The molecule has 1 N–H and O–H groups in total. The topological polar surface area (TPSA) is 55.8 Å². The van der Waals surface area contributed by atoms with Gasteiger partial charge in [-0.05, 0) is 13.3 Å². The van der Waals surface area contributed by atoms with Crippen molar-refractivity contribution >= 4 is 5.97 Å². The molecule has 90 valence electrons. The third kappa shape index (κ3) is 9.69. The van der Waals surface area contributed by atoms with Crippen LogP contribution in [0.1, 0.15) is 39.5 Å². The average molecular weight is 218 g/mol. The van der Waals surface area contributed by atoms with Crippen molar-refractivity contribution in [1.82, 2.24) is 0 Å². The molecule has 4 nitrogen and oxygen atoms in total. The normalized spacial score (nSPS) is 12.5. The van der Waals surface area contributed by atoms with Crippen LogP contribution in [0.5, 0.6) is 0 Å². The Morgan fingerprint density at radius 3 is 2.60 bits per heavy atom. The number of hydrogen-bond acceptors (Lipinski definition) is 4. The van der Waals surface area contributed by atoms with Gasteiger partial charge in [-0.25, -0.2) is 0 Å². The van der Waals surface area contributed by atoms with Crippen LogP contribution in [-0.2, 0) is 14.3 Å². The van der Waals surface area contributed by atoms with Crippen LogP contribution < -0.4 is 0 Å². The van der Waals surface area contributed by atoms with E-state index in [1.165, 1.54) is 0 Å². The molecule has 0 spiro atoms. The maximum Gasteiger partial charge on any atom is 0.305 e. The predicted octanol–water partition coefficient (Wildman–Crippen LogP) is 1.51. The number of rotatable bonds is 9. The fourth-order valence-corrected chi connectivity index (χ4v) is 1.08. The summed E-state index contributed by atoms with van der Waals surface area (Å²) in [5.74, 6) is -0.237. The summed E-state index contributed by atoms with van der Waals surface area (Å²) < 4.78 is 9.86. The van der Waals surface area contributed by atoms with E-state index in [-0.39, 0.29) is 19.2 Å². The fraction of sp³-hybridized carbons (Fsp3) is 0.909. The zero-order chi connectivity index (χ0) is 11.5. The number of ether oxygens (including phenoxy) is 2. The van der Waals surface area contributed by atoms with Crippen LogP contribution in [0.4, 0.5) is 0 Å². The Kier molecular flexibility index (Phi) is 9.52. The summed E-state index contributed by atoms with van der Waals surface area (Å²) in [5, 5.41) is 9.30. The molecule has 0 saturated heterocycles. The first-order valence-corrected chi connectivity index (χ1v) is 5.62. The van der Waals surface area contributed by atoms with Gasteiger partial charge in [0.15, 0.2) is 0 Å². The molecule has 0 heterocycles. The molecule has 0 radical (unpaired) electrons. The van der Waals surface area contributed by atoms with Gasteiger partial charge in [-0.2, -0.15) is 0 Å². The molecule has 0 aliphatic rings. The minimum absolute atomic E-state index is 0.0327. The highest BCUT2D eigenvalue weighted by atomic mass is 16.5.